The Balaban J connectivity index is 1.66. The fourth-order valence-electron chi connectivity index (χ4n) is 3.77. The normalized spacial score (nSPS) is 19.1. The molecule has 1 aromatic carbocycles. The Hall–Kier alpha value is -3.68. The van der Waals surface area contributed by atoms with E-state index in [2.05, 4.69) is 5.32 Å². The van der Waals surface area contributed by atoms with Crippen molar-refractivity contribution >= 4 is 29.9 Å². The number of rotatable bonds is 4. The van der Waals surface area contributed by atoms with Crippen molar-refractivity contribution in [3.8, 4) is 11.3 Å². The topological polar surface area (TPSA) is 117 Å². The van der Waals surface area contributed by atoms with Crippen LogP contribution in [0.25, 0.3) is 17.4 Å². The van der Waals surface area contributed by atoms with E-state index in [9.17, 15) is 24.3 Å². The molecule has 2 fully saturated rings. The van der Waals surface area contributed by atoms with Crippen LogP contribution in [-0.4, -0.2) is 39.9 Å². The van der Waals surface area contributed by atoms with Gasteiger partial charge in [0, 0.05) is 11.6 Å². The van der Waals surface area contributed by atoms with E-state index in [0.29, 0.717) is 11.3 Å². The molecule has 8 nitrogen and oxygen atoms in total. The number of carboxylic acids is 1. The lowest BCUT2D eigenvalue weighted by atomic mass is 10.1. The minimum Gasteiger partial charge on any atom is -0.478 e. The first kappa shape index (κ1) is 18.7. The van der Waals surface area contributed by atoms with Gasteiger partial charge in [0.15, 0.2) is 0 Å². The zero-order valence-electron chi connectivity index (χ0n) is 15.4. The molecule has 0 bridgehead atoms. The molecule has 4 rings (SSSR count). The summed E-state index contributed by atoms with van der Waals surface area (Å²) in [6, 6.07) is 8.56. The van der Waals surface area contributed by atoms with Crippen LogP contribution >= 0.6 is 0 Å². The maximum Gasteiger partial charge on any atom is 0.336 e. The number of carbonyl (C=O) groups excluding carboxylic acids is 3. The van der Waals surface area contributed by atoms with E-state index in [1.165, 1.54) is 18.2 Å². The van der Waals surface area contributed by atoms with Crippen molar-refractivity contribution < 1.29 is 28.7 Å². The van der Waals surface area contributed by atoms with Crippen LogP contribution < -0.4 is 5.32 Å². The predicted octanol–water partition coefficient (Wildman–Crippen LogP) is 3.05. The van der Waals surface area contributed by atoms with Crippen molar-refractivity contribution in [2.75, 3.05) is 0 Å². The third-order valence-electron chi connectivity index (χ3n) is 5.16. The SMILES string of the molecule is O=C1NC(=O)N(C2CCCC2)C(=O)C1=Cc1ccc(-c2ccccc2C(=O)O)o1. The van der Waals surface area contributed by atoms with Crippen LogP contribution in [0, 0.1) is 0 Å². The van der Waals surface area contributed by atoms with Gasteiger partial charge in [0.2, 0.25) is 0 Å². The van der Waals surface area contributed by atoms with Crippen LogP contribution in [0.5, 0.6) is 0 Å². The number of furan rings is 1. The van der Waals surface area contributed by atoms with Crippen molar-refractivity contribution in [2.24, 2.45) is 0 Å². The molecule has 1 aliphatic carbocycles. The van der Waals surface area contributed by atoms with E-state index in [0.717, 1.165) is 30.6 Å². The largest absolute Gasteiger partial charge is 0.478 e. The summed E-state index contributed by atoms with van der Waals surface area (Å²) in [4.78, 5) is 49.7. The smallest absolute Gasteiger partial charge is 0.336 e. The number of aromatic carboxylic acids is 1. The van der Waals surface area contributed by atoms with Gasteiger partial charge < -0.3 is 9.52 Å². The monoisotopic (exact) mass is 394 g/mol. The predicted molar refractivity (Wildman–Crippen MR) is 102 cm³/mol. The van der Waals surface area contributed by atoms with Gasteiger partial charge in [-0.15, -0.1) is 0 Å². The third kappa shape index (κ3) is 3.44. The number of benzene rings is 1. The van der Waals surface area contributed by atoms with E-state index >= 15 is 0 Å². The molecule has 0 unspecified atom stereocenters. The standard InChI is InChI=1S/C21H18N2O6/c24-18-16(19(25)23(21(28)22-18)12-5-1-2-6-12)11-13-9-10-17(29-13)14-7-3-4-8-15(14)20(26)27/h3-4,7-12H,1-2,5-6H2,(H,26,27)(H,22,24,28). The van der Waals surface area contributed by atoms with Crippen molar-refractivity contribution in [1.29, 1.82) is 0 Å². The molecule has 29 heavy (non-hydrogen) atoms. The van der Waals surface area contributed by atoms with Gasteiger partial charge in [-0.05, 0) is 37.1 Å². The summed E-state index contributed by atoms with van der Waals surface area (Å²) in [5.74, 6) is -2.02. The van der Waals surface area contributed by atoms with E-state index in [1.54, 1.807) is 24.3 Å². The van der Waals surface area contributed by atoms with Crippen LogP contribution in [0.1, 0.15) is 41.8 Å². The zero-order valence-corrected chi connectivity index (χ0v) is 15.4. The first-order valence-electron chi connectivity index (χ1n) is 9.29. The molecule has 2 aromatic rings. The number of carbonyl (C=O) groups is 4. The molecule has 1 saturated heterocycles. The minimum absolute atomic E-state index is 0.0746. The lowest BCUT2D eigenvalue weighted by molar-refractivity contribution is -0.131. The van der Waals surface area contributed by atoms with Crippen molar-refractivity contribution in [2.45, 2.75) is 31.7 Å². The van der Waals surface area contributed by atoms with Gasteiger partial charge in [-0.3, -0.25) is 19.8 Å². The van der Waals surface area contributed by atoms with Gasteiger partial charge in [-0.2, -0.15) is 0 Å². The maximum absolute atomic E-state index is 12.8. The molecular formula is C21H18N2O6. The van der Waals surface area contributed by atoms with E-state index in [4.69, 9.17) is 4.42 Å². The fraction of sp³-hybridized carbons (Fsp3) is 0.238. The number of carboxylic acid groups (broad SMARTS) is 1. The van der Waals surface area contributed by atoms with Gasteiger partial charge in [-0.25, -0.2) is 9.59 Å². The molecule has 0 atom stereocenters. The fourth-order valence-corrected chi connectivity index (χ4v) is 3.77. The van der Waals surface area contributed by atoms with Gasteiger partial charge in [0.25, 0.3) is 11.8 Å². The Kier molecular flexibility index (Phi) is 4.75. The Morgan fingerprint density at radius 2 is 1.83 bits per heavy atom. The Morgan fingerprint density at radius 1 is 1.10 bits per heavy atom. The Bertz CT molecular complexity index is 1040. The summed E-state index contributed by atoms with van der Waals surface area (Å²) < 4.78 is 5.67. The number of hydrogen-bond acceptors (Lipinski definition) is 5. The molecule has 4 amide bonds. The Labute approximate surface area is 165 Å². The van der Waals surface area contributed by atoms with Crippen molar-refractivity contribution in [3.63, 3.8) is 0 Å². The van der Waals surface area contributed by atoms with Gasteiger partial charge in [0.05, 0.1) is 5.56 Å². The highest BCUT2D eigenvalue weighted by atomic mass is 16.4. The minimum atomic E-state index is -1.09. The van der Waals surface area contributed by atoms with E-state index in [1.807, 2.05) is 0 Å². The number of amides is 4. The van der Waals surface area contributed by atoms with Crippen molar-refractivity contribution in [1.82, 2.24) is 10.2 Å². The average Bonchev–Trinajstić information content (AvgIpc) is 3.37. The van der Waals surface area contributed by atoms with E-state index < -0.39 is 23.8 Å². The molecule has 1 saturated carbocycles. The van der Waals surface area contributed by atoms with Crippen LogP contribution in [0.3, 0.4) is 0 Å². The number of nitrogens with one attached hydrogen (secondary N) is 1. The van der Waals surface area contributed by atoms with E-state index in [-0.39, 0.29) is 22.9 Å². The lowest BCUT2D eigenvalue weighted by Crippen LogP contribution is -2.57. The Morgan fingerprint density at radius 3 is 2.55 bits per heavy atom. The molecule has 2 aliphatic rings. The molecule has 148 valence electrons. The number of urea groups is 1. The first-order valence-corrected chi connectivity index (χ1v) is 9.29. The molecule has 1 aliphatic heterocycles. The highest BCUT2D eigenvalue weighted by Gasteiger charge is 2.40. The summed E-state index contributed by atoms with van der Waals surface area (Å²) in [7, 11) is 0. The zero-order chi connectivity index (χ0) is 20.5. The number of barbiturate groups is 1. The summed E-state index contributed by atoms with van der Waals surface area (Å²) in [6.45, 7) is 0. The average molecular weight is 394 g/mol. The molecule has 2 N–H and O–H groups in total. The molecular weight excluding hydrogens is 376 g/mol. The summed E-state index contributed by atoms with van der Waals surface area (Å²) in [6.07, 6.45) is 4.58. The summed E-state index contributed by atoms with van der Waals surface area (Å²) in [5.41, 5.74) is 0.265. The van der Waals surface area contributed by atoms with Crippen LogP contribution in [0.4, 0.5) is 4.79 Å². The molecule has 0 radical (unpaired) electrons. The molecule has 2 heterocycles. The maximum atomic E-state index is 12.8. The third-order valence-corrected chi connectivity index (χ3v) is 5.16. The molecule has 8 heteroatoms. The quantitative estimate of drug-likeness (QED) is 0.608. The number of nitrogens with zero attached hydrogens (tertiary/aromatic N) is 1. The molecule has 1 aromatic heterocycles. The highest BCUT2D eigenvalue weighted by molar-refractivity contribution is 6.31. The lowest BCUT2D eigenvalue weighted by Gasteiger charge is -2.30. The second kappa shape index (κ2) is 7.38. The first-order chi connectivity index (χ1) is 14.0. The number of imide groups is 2. The molecule has 0 spiro atoms. The number of hydrogen-bond donors (Lipinski definition) is 2. The second-order valence-electron chi connectivity index (χ2n) is 6.98. The van der Waals surface area contributed by atoms with Gasteiger partial charge >= 0.3 is 12.0 Å². The van der Waals surface area contributed by atoms with Crippen molar-refractivity contribution in [3.05, 3.63) is 53.3 Å². The van der Waals surface area contributed by atoms with Crippen LogP contribution in [0.15, 0.2) is 46.4 Å². The highest BCUT2D eigenvalue weighted by Crippen LogP contribution is 2.29. The summed E-state index contributed by atoms with van der Waals surface area (Å²) in [5, 5.41) is 11.5. The van der Waals surface area contributed by atoms with Crippen LogP contribution in [0.2, 0.25) is 0 Å². The van der Waals surface area contributed by atoms with Crippen LogP contribution in [-0.2, 0) is 9.59 Å². The second-order valence-corrected chi connectivity index (χ2v) is 6.98. The summed E-state index contributed by atoms with van der Waals surface area (Å²) >= 11 is 0. The van der Waals surface area contributed by atoms with Gasteiger partial charge in [-0.1, -0.05) is 31.0 Å². The van der Waals surface area contributed by atoms with Gasteiger partial charge in [0.1, 0.15) is 17.1 Å².